The molecule has 5 nitrogen and oxygen atoms in total. The topological polar surface area (TPSA) is 73.2 Å². The zero-order chi connectivity index (χ0) is 21.2. The lowest BCUT2D eigenvalue weighted by Gasteiger charge is -2.21. The largest absolute Gasteiger partial charge is 0.326 e. The first-order valence-electron chi connectivity index (χ1n) is 10.4. The Morgan fingerprint density at radius 2 is 1.73 bits per heavy atom. The Balaban J connectivity index is 1.49. The van der Waals surface area contributed by atoms with Crippen molar-refractivity contribution in [2.75, 3.05) is 16.8 Å². The van der Waals surface area contributed by atoms with Crippen molar-refractivity contribution < 1.29 is 9.59 Å². The number of anilines is 2. The third kappa shape index (κ3) is 6.64. The average Bonchev–Trinajstić information content (AvgIpc) is 3.28. The first kappa shape index (κ1) is 21.9. The van der Waals surface area contributed by atoms with Crippen molar-refractivity contribution in [2.24, 2.45) is 0 Å². The van der Waals surface area contributed by atoms with Crippen molar-refractivity contribution in [1.82, 2.24) is 0 Å². The SMILES string of the molecule is N#CCCN(C(=O)CCC(=O)Nc1ccc(SC2CCCC2)cc1)c1ccccc1. The zero-order valence-electron chi connectivity index (χ0n) is 17.0. The summed E-state index contributed by atoms with van der Waals surface area (Å²) in [4.78, 5) is 27.8. The summed E-state index contributed by atoms with van der Waals surface area (Å²) in [5, 5.41) is 12.5. The molecule has 0 heterocycles. The quantitative estimate of drug-likeness (QED) is 0.589. The van der Waals surface area contributed by atoms with Gasteiger partial charge in [-0.05, 0) is 49.2 Å². The Morgan fingerprint density at radius 3 is 2.40 bits per heavy atom. The van der Waals surface area contributed by atoms with Crippen LogP contribution in [0, 0.1) is 11.3 Å². The average molecular weight is 422 g/mol. The number of thioether (sulfide) groups is 1. The summed E-state index contributed by atoms with van der Waals surface area (Å²) in [6.07, 6.45) is 5.66. The van der Waals surface area contributed by atoms with E-state index in [1.165, 1.54) is 30.6 Å². The number of carbonyl (C=O) groups is 2. The van der Waals surface area contributed by atoms with Gasteiger partial charge in [0.25, 0.3) is 0 Å². The first-order valence-corrected chi connectivity index (χ1v) is 11.3. The third-order valence-corrected chi connectivity index (χ3v) is 6.47. The van der Waals surface area contributed by atoms with E-state index in [0.29, 0.717) is 11.8 Å². The molecule has 30 heavy (non-hydrogen) atoms. The number of nitrogens with zero attached hydrogens (tertiary/aromatic N) is 2. The molecule has 0 radical (unpaired) electrons. The van der Waals surface area contributed by atoms with E-state index in [1.807, 2.05) is 66.4 Å². The van der Waals surface area contributed by atoms with E-state index in [1.54, 1.807) is 4.90 Å². The molecule has 1 aliphatic carbocycles. The smallest absolute Gasteiger partial charge is 0.227 e. The number of rotatable bonds is 9. The number of nitriles is 1. The molecule has 2 aromatic carbocycles. The van der Waals surface area contributed by atoms with Crippen molar-refractivity contribution in [3.63, 3.8) is 0 Å². The maximum atomic E-state index is 12.6. The highest BCUT2D eigenvalue weighted by atomic mass is 32.2. The molecule has 1 fully saturated rings. The Labute approximate surface area is 182 Å². The molecular weight excluding hydrogens is 394 g/mol. The number of benzene rings is 2. The minimum Gasteiger partial charge on any atom is -0.326 e. The molecule has 0 saturated heterocycles. The lowest BCUT2D eigenvalue weighted by atomic mass is 10.2. The monoisotopic (exact) mass is 421 g/mol. The van der Waals surface area contributed by atoms with Gasteiger partial charge in [-0.2, -0.15) is 5.26 Å². The molecule has 2 amide bonds. The van der Waals surface area contributed by atoms with Crippen LogP contribution in [0.15, 0.2) is 59.5 Å². The lowest BCUT2D eigenvalue weighted by molar-refractivity contribution is -0.122. The minimum absolute atomic E-state index is 0.0990. The van der Waals surface area contributed by atoms with Gasteiger partial charge in [-0.1, -0.05) is 31.0 Å². The Hall–Kier alpha value is -2.78. The van der Waals surface area contributed by atoms with Gasteiger partial charge in [0.15, 0.2) is 0 Å². The van der Waals surface area contributed by atoms with Crippen LogP contribution in [0.1, 0.15) is 44.9 Å². The molecule has 0 bridgehead atoms. The summed E-state index contributed by atoms with van der Waals surface area (Å²) in [7, 11) is 0. The summed E-state index contributed by atoms with van der Waals surface area (Å²) in [6, 6.07) is 19.2. The molecule has 0 atom stereocenters. The van der Waals surface area contributed by atoms with Gasteiger partial charge in [0.2, 0.25) is 11.8 Å². The molecule has 1 aliphatic rings. The van der Waals surface area contributed by atoms with Crippen LogP contribution >= 0.6 is 11.8 Å². The highest BCUT2D eigenvalue weighted by Crippen LogP contribution is 2.34. The van der Waals surface area contributed by atoms with Crippen LogP contribution in [0.2, 0.25) is 0 Å². The number of hydrogen-bond donors (Lipinski definition) is 1. The number of amides is 2. The normalized spacial score (nSPS) is 13.6. The molecule has 0 spiro atoms. The molecule has 2 aromatic rings. The van der Waals surface area contributed by atoms with E-state index in [0.717, 1.165) is 11.4 Å². The Bertz CT molecular complexity index is 872. The van der Waals surface area contributed by atoms with Gasteiger partial charge in [-0.15, -0.1) is 11.8 Å². The summed E-state index contributed by atoms with van der Waals surface area (Å²) < 4.78 is 0. The summed E-state index contributed by atoms with van der Waals surface area (Å²) >= 11 is 1.91. The van der Waals surface area contributed by atoms with E-state index in [-0.39, 0.29) is 31.1 Å². The van der Waals surface area contributed by atoms with Gasteiger partial charge in [-0.3, -0.25) is 9.59 Å². The molecule has 0 unspecified atom stereocenters. The van der Waals surface area contributed by atoms with Crippen LogP contribution in [0.3, 0.4) is 0 Å². The molecular formula is C24H27N3O2S. The highest BCUT2D eigenvalue weighted by Gasteiger charge is 2.17. The highest BCUT2D eigenvalue weighted by molar-refractivity contribution is 8.00. The maximum Gasteiger partial charge on any atom is 0.227 e. The van der Waals surface area contributed by atoms with Crippen molar-refractivity contribution in [1.29, 1.82) is 5.26 Å². The number of carbonyl (C=O) groups excluding carboxylic acids is 2. The number of nitrogens with one attached hydrogen (secondary N) is 1. The van der Waals surface area contributed by atoms with Gasteiger partial charge < -0.3 is 10.2 Å². The van der Waals surface area contributed by atoms with Gasteiger partial charge >= 0.3 is 0 Å². The third-order valence-electron chi connectivity index (χ3n) is 5.13. The fraction of sp³-hybridized carbons (Fsp3) is 0.375. The standard InChI is InChI=1S/C24H27N3O2S/c25-17-6-18-27(20-7-2-1-3-8-20)24(29)16-15-23(28)26-19-11-13-22(14-12-19)30-21-9-4-5-10-21/h1-3,7-8,11-14,21H,4-6,9-10,15-16,18H2,(H,26,28). The fourth-order valence-corrected chi connectivity index (χ4v) is 4.81. The summed E-state index contributed by atoms with van der Waals surface area (Å²) in [6.45, 7) is 0.321. The van der Waals surface area contributed by atoms with Crippen LogP contribution < -0.4 is 10.2 Å². The molecule has 6 heteroatoms. The van der Waals surface area contributed by atoms with Crippen molar-refractivity contribution in [2.45, 2.75) is 55.1 Å². The molecule has 3 rings (SSSR count). The second-order valence-corrected chi connectivity index (χ2v) is 8.76. The molecule has 0 aliphatic heterocycles. The van der Waals surface area contributed by atoms with E-state index in [4.69, 9.17) is 5.26 Å². The second kappa shape index (κ2) is 11.4. The van der Waals surface area contributed by atoms with Crippen LogP contribution in [-0.2, 0) is 9.59 Å². The predicted molar refractivity (Wildman–Crippen MR) is 121 cm³/mol. The Morgan fingerprint density at radius 1 is 1.03 bits per heavy atom. The van der Waals surface area contributed by atoms with Crippen LogP contribution in [0.25, 0.3) is 0 Å². The Kier molecular flexibility index (Phi) is 8.34. The van der Waals surface area contributed by atoms with Gasteiger partial charge in [0.1, 0.15) is 0 Å². The maximum absolute atomic E-state index is 12.6. The summed E-state index contributed by atoms with van der Waals surface area (Å²) in [5.74, 6) is -0.345. The fourth-order valence-electron chi connectivity index (χ4n) is 3.56. The van der Waals surface area contributed by atoms with Crippen molar-refractivity contribution >= 4 is 35.0 Å². The summed E-state index contributed by atoms with van der Waals surface area (Å²) in [5.41, 5.74) is 1.49. The van der Waals surface area contributed by atoms with Crippen LogP contribution in [-0.4, -0.2) is 23.6 Å². The molecule has 0 aromatic heterocycles. The zero-order valence-corrected chi connectivity index (χ0v) is 17.9. The molecule has 1 N–H and O–H groups in total. The lowest BCUT2D eigenvalue weighted by Crippen LogP contribution is -2.32. The van der Waals surface area contributed by atoms with Gasteiger partial charge in [-0.25, -0.2) is 0 Å². The van der Waals surface area contributed by atoms with Crippen molar-refractivity contribution in [3.05, 3.63) is 54.6 Å². The van der Waals surface area contributed by atoms with Gasteiger partial charge in [0, 0.05) is 40.9 Å². The number of hydrogen-bond acceptors (Lipinski definition) is 4. The minimum atomic E-state index is -0.187. The van der Waals surface area contributed by atoms with E-state index >= 15 is 0 Å². The molecule has 1 saturated carbocycles. The molecule has 156 valence electrons. The number of para-hydroxylation sites is 1. The van der Waals surface area contributed by atoms with Crippen LogP contribution in [0.5, 0.6) is 0 Å². The van der Waals surface area contributed by atoms with E-state index in [9.17, 15) is 9.59 Å². The van der Waals surface area contributed by atoms with Gasteiger partial charge in [0.05, 0.1) is 12.5 Å². The second-order valence-electron chi connectivity index (χ2n) is 7.39. The van der Waals surface area contributed by atoms with E-state index < -0.39 is 0 Å². The first-order chi connectivity index (χ1) is 14.7. The van der Waals surface area contributed by atoms with E-state index in [2.05, 4.69) is 11.4 Å². The van der Waals surface area contributed by atoms with Crippen molar-refractivity contribution in [3.8, 4) is 6.07 Å². The van der Waals surface area contributed by atoms with Crippen LogP contribution in [0.4, 0.5) is 11.4 Å². The predicted octanol–water partition coefficient (Wildman–Crippen LogP) is 5.39.